The second kappa shape index (κ2) is 5.18. The standard InChI is InChI=1S/C17H15ClS2/c18-17(13-10-19-15-8-4-2-6-12(13)15)16-9-11-5-1-3-7-14(11)20-16/h2,4,6,8-10,17H,1,3,5,7H2. The summed E-state index contributed by atoms with van der Waals surface area (Å²) in [5.74, 6) is 0. The Hall–Kier alpha value is -0.830. The largest absolute Gasteiger partial charge is 0.143 e. The molecule has 4 rings (SSSR count). The van der Waals surface area contributed by atoms with Crippen LogP contribution in [0.1, 0.15) is 39.1 Å². The molecule has 0 aliphatic heterocycles. The first-order valence-electron chi connectivity index (χ1n) is 7.04. The number of hydrogen-bond acceptors (Lipinski definition) is 2. The Bertz CT molecular complexity index is 730. The molecule has 0 bridgehead atoms. The topological polar surface area (TPSA) is 0 Å². The molecule has 3 aromatic rings. The zero-order chi connectivity index (χ0) is 13.5. The zero-order valence-electron chi connectivity index (χ0n) is 11.1. The lowest BCUT2D eigenvalue weighted by molar-refractivity contribution is 0.697. The summed E-state index contributed by atoms with van der Waals surface area (Å²) in [6, 6.07) is 10.9. The van der Waals surface area contributed by atoms with Crippen molar-refractivity contribution in [2.24, 2.45) is 0 Å². The van der Waals surface area contributed by atoms with Crippen LogP contribution in [0.2, 0.25) is 0 Å². The summed E-state index contributed by atoms with van der Waals surface area (Å²) < 4.78 is 1.33. The first-order chi connectivity index (χ1) is 9.83. The molecule has 0 nitrogen and oxygen atoms in total. The second-order valence-corrected chi connectivity index (χ2v) is 7.87. The van der Waals surface area contributed by atoms with E-state index in [1.54, 1.807) is 21.8 Å². The molecule has 0 spiro atoms. The zero-order valence-corrected chi connectivity index (χ0v) is 13.5. The first-order valence-corrected chi connectivity index (χ1v) is 9.18. The van der Waals surface area contributed by atoms with Crippen LogP contribution in [0.5, 0.6) is 0 Å². The van der Waals surface area contributed by atoms with Crippen molar-refractivity contribution >= 4 is 44.4 Å². The molecule has 2 heterocycles. The van der Waals surface area contributed by atoms with Crippen molar-refractivity contribution in [3.05, 3.63) is 56.6 Å². The highest BCUT2D eigenvalue weighted by Gasteiger charge is 2.21. The fraction of sp³-hybridized carbons (Fsp3) is 0.294. The second-order valence-electron chi connectivity index (χ2n) is 5.35. The highest BCUT2D eigenvalue weighted by molar-refractivity contribution is 7.17. The highest BCUT2D eigenvalue weighted by Crippen LogP contribution is 2.42. The quantitative estimate of drug-likeness (QED) is 0.496. The Morgan fingerprint density at radius 1 is 1.10 bits per heavy atom. The van der Waals surface area contributed by atoms with Crippen molar-refractivity contribution in [2.45, 2.75) is 31.1 Å². The Balaban J connectivity index is 1.76. The Labute approximate surface area is 132 Å². The van der Waals surface area contributed by atoms with E-state index in [-0.39, 0.29) is 5.38 Å². The average molecular weight is 319 g/mol. The Kier molecular flexibility index (Phi) is 3.33. The van der Waals surface area contributed by atoms with Crippen molar-refractivity contribution in [1.82, 2.24) is 0 Å². The maximum Gasteiger partial charge on any atom is 0.0941 e. The van der Waals surface area contributed by atoms with Crippen molar-refractivity contribution in [1.29, 1.82) is 0 Å². The minimum Gasteiger partial charge on any atom is -0.143 e. The highest BCUT2D eigenvalue weighted by atomic mass is 35.5. The third-order valence-corrected chi connectivity index (χ3v) is 6.93. The number of thiophene rings is 2. The van der Waals surface area contributed by atoms with Gasteiger partial charge < -0.3 is 0 Å². The molecule has 20 heavy (non-hydrogen) atoms. The molecule has 0 saturated carbocycles. The van der Waals surface area contributed by atoms with Gasteiger partial charge in [-0.2, -0.15) is 0 Å². The summed E-state index contributed by atoms with van der Waals surface area (Å²) >= 11 is 10.5. The van der Waals surface area contributed by atoms with Crippen LogP contribution in [-0.4, -0.2) is 0 Å². The summed E-state index contributed by atoms with van der Waals surface area (Å²) in [5.41, 5.74) is 2.81. The average Bonchev–Trinajstić information content (AvgIpc) is 3.10. The molecule has 0 radical (unpaired) electrons. The number of benzene rings is 1. The van der Waals surface area contributed by atoms with Crippen molar-refractivity contribution in [3.8, 4) is 0 Å². The molecular formula is C17H15ClS2. The van der Waals surface area contributed by atoms with Gasteiger partial charge in [-0.05, 0) is 59.7 Å². The van der Waals surface area contributed by atoms with Gasteiger partial charge in [-0.25, -0.2) is 0 Å². The van der Waals surface area contributed by atoms with Gasteiger partial charge in [-0.3, -0.25) is 0 Å². The van der Waals surface area contributed by atoms with Gasteiger partial charge in [0.05, 0.1) is 5.38 Å². The van der Waals surface area contributed by atoms with Crippen molar-refractivity contribution < 1.29 is 0 Å². The van der Waals surface area contributed by atoms with E-state index in [0.29, 0.717) is 0 Å². The summed E-state index contributed by atoms with van der Waals surface area (Å²) in [5, 5.41) is 3.53. The number of hydrogen-bond donors (Lipinski definition) is 0. The van der Waals surface area contributed by atoms with Crippen LogP contribution in [0.4, 0.5) is 0 Å². The van der Waals surface area contributed by atoms with Gasteiger partial charge in [0.25, 0.3) is 0 Å². The molecule has 0 saturated heterocycles. The maximum atomic E-state index is 6.79. The van der Waals surface area contributed by atoms with E-state index >= 15 is 0 Å². The minimum atomic E-state index is 0.00162. The third kappa shape index (κ3) is 2.11. The molecule has 0 amide bonds. The van der Waals surface area contributed by atoms with Crippen LogP contribution in [-0.2, 0) is 12.8 Å². The van der Waals surface area contributed by atoms with E-state index < -0.39 is 0 Å². The molecule has 102 valence electrons. The molecule has 1 aromatic carbocycles. The van der Waals surface area contributed by atoms with E-state index in [1.165, 1.54) is 46.2 Å². The van der Waals surface area contributed by atoms with Gasteiger partial charge in [-0.1, -0.05) is 18.2 Å². The van der Waals surface area contributed by atoms with Crippen molar-refractivity contribution in [3.63, 3.8) is 0 Å². The molecule has 2 aromatic heterocycles. The summed E-state index contributed by atoms with van der Waals surface area (Å²) in [6.07, 6.45) is 5.15. The number of aryl methyl sites for hydroxylation is 2. The predicted molar refractivity (Wildman–Crippen MR) is 90.5 cm³/mol. The normalized spacial score (nSPS) is 16.2. The predicted octanol–water partition coefficient (Wildman–Crippen LogP) is 6.17. The number of rotatable bonds is 2. The van der Waals surface area contributed by atoms with E-state index in [2.05, 4.69) is 35.7 Å². The van der Waals surface area contributed by atoms with Gasteiger partial charge in [0.15, 0.2) is 0 Å². The summed E-state index contributed by atoms with van der Waals surface area (Å²) in [6.45, 7) is 0. The lowest BCUT2D eigenvalue weighted by Gasteiger charge is -2.08. The van der Waals surface area contributed by atoms with E-state index in [0.717, 1.165) is 0 Å². The molecule has 0 N–H and O–H groups in total. The number of fused-ring (bicyclic) bond motifs is 2. The number of alkyl halides is 1. The van der Waals surface area contributed by atoms with Crippen LogP contribution >= 0.6 is 34.3 Å². The van der Waals surface area contributed by atoms with E-state index in [9.17, 15) is 0 Å². The minimum absolute atomic E-state index is 0.00162. The molecular weight excluding hydrogens is 304 g/mol. The third-order valence-electron chi connectivity index (χ3n) is 4.05. The molecule has 3 heteroatoms. The van der Waals surface area contributed by atoms with Crippen LogP contribution in [0.15, 0.2) is 35.7 Å². The van der Waals surface area contributed by atoms with Crippen LogP contribution < -0.4 is 0 Å². The lowest BCUT2D eigenvalue weighted by atomic mass is 9.98. The van der Waals surface area contributed by atoms with Gasteiger partial charge in [0, 0.05) is 14.5 Å². The van der Waals surface area contributed by atoms with Crippen LogP contribution in [0.3, 0.4) is 0 Å². The first kappa shape index (κ1) is 12.9. The molecule has 1 unspecified atom stereocenters. The summed E-state index contributed by atoms with van der Waals surface area (Å²) in [4.78, 5) is 2.89. The van der Waals surface area contributed by atoms with Crippen LogP contribution in [0.25, 0.3) is 10.1 Å². The van der Waals surface area contributed by atoms with Gasteiger partial charge in [0.2, 0.25) is 0 Å². The van der Waals surface area contributed by atoms with Gasteiger partial charge in [-0.15, -0.1) is 34.3 Å². The lowest BCUT2D eigenvalue weighted by Crippen LogP contribution is -1.96. The van der Waals surface area contributed by atoms with Gasteiger partial charge in [0.1, 0.15) is 0 Å². The Morgan fingerprint density at radius 3 is 2.85 bits per heavy atom. The molecule has 1 aliphatic rings. The molecule has 0 fully saturated rings. The van der Waals surface area contributed by atoms with Gasteiger partial charge >= 0.3 is 0 Å². The SMILES string of the molecule is ClC(c1cc2c(s1)CCCC2)c1csc2ccccc12. The Morgan fingerprint density at radius 2 is 1.95 bits per heavy atom. The fourth-order valence-electron chi connectivity index (χ4n) is 2.99. The van der Waals surface area contributed by atoms with Crippen molar-refractivity contribution in [2.75, 3.05) is 0 Å². The fourth-order valence-corrected chi connectivity index (χ4v) is 5.68. The van der Waals surface area contributed by atoms with Crippen LogP contribution in [0, 0.1) is 0 Å². The van der Waals surface area contributed by atoms with E-state index in [4.69, 9.17) is 11.6 Å². The monoisotopic (exact) mass is 318 g/mol. The molecule has 1 aliphatic carbocycles. The number of halogens is 1. The smallest absolute Gasteiger partial charge is 0.0941 e. The maximum absolute atomic E-state index is 6.79. The van der Waals surface area contributed by atoms with E-state index in [1.807, 2.05) is 11.3 Å². The summed E-state index contributed by atoms with van der Waals surface area (Å²) in [7, 11) is 0. The molecule has 1 atom stereocenters.